The number of likely N-dealkylation sites (tertiary alicyclic amines) is 1. The van der Waals surface area contributed by atoms with Gasteiger partial charge in [0.25, 0.3) is 5.91 Å². The van der Waals surface area contributed by atoms with Crippen molar-refractivity contribution >= 4 is 23.2 Å². The summed E-state index contributed by atoms with van der Waals surface area (Å²) in [7, 11) is 0. The van der Waals surface area contributed by atoms with Crippen LogP contribution in [0.4, 0.5) is 0 Å². The molecule has 7 heteroatoms. The van der Waals surface area contributed by atoms with E-state index in [9.17, 15) is 9.59 Å². The predicted octanol–water partition coefficient (Wildman–Crippen LogP) is 4.21. The van der Waals surface area contributed by atoms with Crippen molar-refractivity contribution in [3.05, 3.63) is 64.8 Å². The Balaban J connectivity index is 1.61. The first-order valence-corrected chi connectivity index (χ1v) is 11.5. The molecular formula is C24H28N4O2S. The van der Waals surface area contributed by atoms with Gasteiger partial charge in [0.05, 0.1) is 5.41 Å². The summed E-state index contributed by atoms with van der Waals surface area (Å²) in [5, 5.41) is 9.20. The van der Waals surface area contributed by atoms with Gasteiger partial charge in [-0.25, -0.2) is 0 Å². The van der Waals surface area contributed by atoms with Crippen LogP contribution in [0.15, 0.2) is 47.8 Å². The molecule has 1 aromatic carbocycles. The predicted molar refractivity (Wildman–Crippen MR) is 123 cm³/mol. The van der Waals surface area contributed by atoms with Crippen LogP contribution in [-0.2, 0) is 11.2 Å². The van der Waals surface area contributed by atoms with E-state index in [1.165, 1.54) is 0 Å². The van der Waals surface area contributed by atoms with Gasteiger partial charge in [0.2, 0.25) is 5.91 Å². The quantitative estimate of drug-likeness (QED) is 0.606. The lowest BCUT2D eigenvalue weighted by Crippen LogP contribution is -2.53. The summed E-state index contributed by atoms with van der Waals surface area (Å²) in [6.45, 7) is 5.01. The highest BCUT2D eigenvalue weighted by atomic mass is 32.1. The number of hydrogen-bond acceptors (Lipinski definition) is 4. The highest BCUT2D eigenvalue weighted by molar-refractivity contribution is 7.13. The largest absolute Gasteiger partial charge is 0.369 e. The monoisotopic (exact) mass is 436 g/mol. The number of nitrogens with zero attached hydrogens (tertiary/aromatic N) is 2. The Labute approximate surface area is 186 Å². The minimum Gasteiger partial charge on any atom is -0.369 e. The number of nitrogens with one attached hydrogen (secondary N) is 1. The number of carbonyl (C=O) groups is 2. The molecule has 0 saturated carbocycles. The van der Waals surface area contributed by atoms with E-state index in [1.807, 2.05) is 37.4 Å². The third kappa shape index (κ3) is 4.28. The van der Waals surface area contributed by atoms with Crippen molar-refractivity contribution in [2.75, 3.05) is 13.1 Å². The second-order valence-electron chi connectivity index (χ2n) is 8.65. The number of thiophene rings is 1. The fourth-order valence-corrected chi connectivity index (χ4v) is 5.14. The Hall–Kier alpha value is -2.93. The molecule has 3 heterocycles. The van der Waals surface area contributed by atoms with E-state index in [0.717, 1.165) is 28.1 Å². The lowest BCUT2D eigenvalue weighted by molar-refractivity contribution is -0.130. The summed E-state index contributed by atoms with van der Waals surface area (Å²) in [5.74, 6) is -0.246. The lowest BCUT2D eigenvalue weighted by atomic mass is 9.73. The van der Waals surface area contributed by atoms with E-state index in [1.54, 1.807) is 22.3 Å². The number of benzene rings is 1. The van der Waals surface area contributed by atoms with Crippen molar-refractivity contribution in [1.29, 1.82) is 0 Å². The summed E-state index contributed by atoms with van der Waals surface area (Å²) in [5.41, 5.74) is 8.69. The molecule has 3 aromatic rings. The molecule has 162 valence electrons. The number of aromatic nitrogens is 2. The molecule has 0 radical (unpaired) electrons. The van der Waals surface area contributed by atoms with E-state index in [4.69, 9.17) is 5.73 Å². The topological polar surface area (TPSA) is 92.1 Å². The van der Waals surface area contributed by atoms with E-state index in [2.05, 4.69) is 28.4 Å². The number of primary amides is 1. The van der Waals surface area contributed by atoms with Crippen LogP contribution in [0.1, 0.15) is 54.4 Å². The molecule has 31 heavy (non-hydrogen) atoms. The molecule has 6 nitrogen and oxygen atoms in total. The number of piperidine rings is 1. The van der Waals surface area contributed by atoms with E-state index in [0.29, 0.717) is 31.6 Å². The molecular weight excluding hydrogens is 408 g/mol. The first-order chi connectivity index (χ1) is 14.9. The van der Waals surface area contributed by atoms with Crippen molar-refractivity contribution in [1.82, 2.24) is 15.1 Å². The zero-order chi connectivity index (χ0) is 22.0. The zero-order valence-electron chi connectivity index (χ0n) is 17.9. The molecule has 1 aliphatic heterocycles. The Morgan fingerprint density at radius 1 is 1.26 bits per heavy atom. The van der Waals surface area contributed by atoms with Crippen LogP contribution < -0.4 is 5.73 Å². The fourth-order valence-electron chi connectivity index (χ4n) is 4.35. The standard InChI is InChI=1S/C24H28N4O2S/c1-16(2)19-13-20(27-26-19)22(29)28-11-6-10-24(15-28,23(25)30)14-17-7-3-4-8-18(17)21-9-5-12-31-21/h3-5,7-9,12-13,16H,6,10-11,14-15H2,1-2H3,(H2,25,30)(H,26,27)/t24-/m1/s1. The summed E-state index contributed by atoms with van der Waals surface area (Å²) < 4.78 is 0. The Kier molecular flexibility index (Phi) is 5.96. The number of H-pyrrole nitrogens is 1. The van der Waals surface area contributed by atoms with E-state index < -0.39 is 5.41 Å². The van der Waals surface area contributed by atoms with Gasteiger partial charge in [-0.2, -0.15) is 5.10 Å². The minimum absolute atomic E-state index is 0.153. The SMILES string of the molecule is CC(C)c1cc(C(=O)N2CCC[C@](Cc3ccccc3-c3cccs3)(C(N)=O)C2)n[nH]1. The van der Waals surface area contributed by atoms with Gasteiger partial charge in [-0.15, -0.1) is 11.3 Å². The Morgan fingerprint density at radius 2 is 2.06 bits per heavy atom. The molecule has 1 saturated heterocycles. The van der Waals surface area contributed by atoms with Gasteiger partial charge in [0.1, 0.15) is 5.69 Å². The van der Waals surface area contributed by atoms with Crippen LogP contribution >= 0.6 is 11.3 Å². The average Bonchev–Trinajstić information content (AvgIpc) is 3.46. The van der Waals surface area contributed by atoms with Crippen LogP contribution in [-0.4, -0.2) is 40.0 Å². The third-order valence-electron chi connectivity index (χ3n) is 6.16. The van der Waals surface area contributed by atoms with Crippen LogP contribution in [0.2, 0.25) is 0 Å². The van der Waals surface area contributed by atoms with Crippen LogP contribution in [0.3, 0.4) is 0 Å². The second-order valence-corrected chi connectivity index (χ2v) is 9.60. The molecule has 4 rings (SSSR count). The average molecular weight is 437 g/mol. The van der Waals surface area contributed by atoms with Gasteiger partial charge in [-0.3, -0.25) is 14.7 Å². The van der Waals surface area contributed by atoms with Gasteiger partial charge in [0, 0.05) is 23.7 Å². The van der Waals surface area contributed by atoms with Crippen LogP contribution in [0, 0.1) is 5.41 Å². The molecule has 3 N–H and O–H groups in total. The maximum Gasteiger partial charge on any atom is 0.274 e. The summed E-state index contributed by atoms with van der Waals surface area (Å²) >= 11 is 1.67. The lowest BCUT2D eigenvalue weighted by Gasteiger charge is -2.41. The number of aromatic amines is 1. The van der Waals surface area contributed by atoms with Gasteiger partial charge >= 0.3 is 0 Å². The number of hydrogen-bond donors (Lipinski definition) is 2. The first-order valence-electron chi connectivity index (χ1n) is 10.7. The number of nitrogens with two attached hydrogens (primary N) is 1. The maximum absolute atomic E-state index is 13.1. The normalized spacial score (nSPS) is 19.0. The van der Waals surface area contributed by atoms with Gasteiger partial charge in [-0.05, 0) is 53.8 Å². The van der Waals surface area contributed by atoms with Crippen LogP contribution in [0.25, 0.3) is 10.4 Å². The third-order valence-corrected chi connectivity index (χ3v) is 7.06. The van der Waals surface area contributed by atoms with Crippen molar-refractivity contribution in [2.45, 2.75) is 39.0 Å². The molecule has 0 bridgehead atoms. The van der Waals surface area contributed by atoms with Gasteiger partial charge in [0.15, 0.2) is 0 Å². The van der Waals surface area contributed by atoms with Gasteiger partial charge in [-0.1, -0.05) is 44.2 Å². The summed E-state index contributed by atoms with van der Waals surface area (Å²) in [6.07, 6.45) is 1.91. The van der Waals surface area contributed by atoms with Crippen molar-refractivity contribution < 1.29 is 9.59 Å². The van der Waals surface area contributed by atoms with Crippen LogP contribution in [0.5, 0.6) is 0 Å². The summed E-state index contributed by atoms with van der Waals surface area (Å²) in [4.78, 5) is 28.8. The van der Waals surface area contributed by atoms with E-state index in [-0.39, 0.29) is 17.7 Å². The highest BCUT2D eigenvalue weighted by Gasteiger charge is 2.43. The molecule has 0 spiro atoms. The second kappa shape index (κ2) is 8.67. The van der Waals surface area contributed by atoms with Crippen molar-refractivity contribution in [3.8, 4) is 10.4 Å². The Bertz CT molecular complexity index is 1070. The number of carbonyl (C=O) groups excluding carboxylic acids is 2. The molecule has 1 fully saturated rings. The van der Waals surface area contributed by atoms with Crippen molar-refractivity contribution in [2.24, 2.45) is 11.1 Å². The smallest absolute Gasteiger partial charge is 0.274 e. The summed E-state index contributed by atoms with van der Waals surface area (Å²) in [6, 6.07) is 14.1. The van der Waals surface area contributed by atoms with Gasteiger partial charge < -0.3 is 10.6 Å². The zero-order valence-corrected chi connectivity index (χ0v) is 18.7. The fraction of sp³-hybridized carbons (Fsp3) is 0.375. The van der Waals surface area contributed by atoms with Crippen molar-refractivity contribution in [3.63, 3.8) is 0 Å². The molecule has 0 aliphatic carbocycles. The highest BCUT2D eigenvalue weighted by Crippen LogP contribution is 2.38. The molecule has 1 atom stereocenters. The first kappa shape index (κ1) is 21.3. The number of amides is 2. The molecule has 2 amide bonds. The Morgan fingerprint density at radius 3 is 2.74 bits per heavy atom. The van der Waals surface area contributed by atoms with E-state index >= 15 is 0 Å². The number of rotatable bonds is 6. The maximum atomic E-state index is 13.1. The molecule has 0 unspecified atom stereocenters. The minimum atomic E-state index is -0.793. The molecule has 1 aliphatic rings. The molecule has 2 aromatic heterocycles.